The fourth-order valence-electron chi connectivity index (χ4n) is 2.31. The van der Waals surface area contributed by atoms with Crippen LogP contribution < -0.4 is 10.1 Å². The highest BCUT2D eigenvalue weighted by Gasteiger charge is 2.14. The summed E-state index contributed by atoms with van der Waals surface area (Å²) in [5.41, 5.74) is 3.32. The van der Waals surface area contributed by atoms with E-state index in [9.17, 15) is 4.79 Å². The van der Waals surface area contributed by atoms with Gasteiger partial charge in [-0.2, -0.15) is 0 Å². The SMILES string of the molecule is COC(=O)c1cccc(Cl)c1NCCCOc1cc(C)ccc1C. The number of anilines is 1. The third-order valence-corrected chi connectivity index (χ3v) is 3.96. The summed E-state index contributed by atoms with van der Waals surface area (Å²) in [5.74, 6) is 0.495. The molecule has 0 aliphatic heterocycles. The minimum atomic E-state index is -0.411. The van der Waals surface area contributed by atoms with Gasteiger partial charge in [-0.15, -0.1) is 0 Å². The summed E-state index contributed by atoms with van der Waals surface area (Å²) in [4.78, 5) is 11.8. The monoisotopic (exact) mass is 347 g/mol. The fourth-order valence-corrected chi connectivity index (χ4v) is 2.56. The zero-order chi connectivity index (χ0) is 17.5. The van der Waals surface area contributed by atoms with Gasteiger partial charge in [-0.05, 0) is 49.6 Å². The molecule has 0 saturated heterocycles. The molecule has 128 valence electrons. The molecule has 0 fully saturated rings. The lowest BCUT2D eigenvalue weighted by molar-refractivity contribution is 0.0602. The van der Waals surface area contributed by atoms with Crippen LogP contribution in [0.5, 0.6) is 5.75 Å². The van der Waals surface area contributed by atoms with E-state index >= 15 is 0 Å². The molecule has 2 aromatic rings. The third-order valence-electron chi connectivity index (χ3n) is 3.64. The van der Waals surface area contributed by atoms with Crippen LogP contribution in [0.25, 0.3) is 0 Å². The van der Waals surface area contributed by atoms with E-state index in [1.54, 1.807) is 18.2 Å². The number of rotatable bonds is 7. The van der Waals surface area contributed by atoms with Crippen LogP contribution in [0.2, 0.25) is 5.02 Å². The van der Waals surface area contributed by atoms with E-state index in [-0.39, 0.29) is 0 Å². The van der Waals surface area contributed by atoms with Gasteiger partial charge < -0.3 is 14.8 Å². The zero-order valence-corrected chi connectivity index (χ0v) is 14.9. The maximum Gasteiger partial charge on any atom is 0.340 e. The summed E-state index contributed by atoms with van der Waals surface area (Å²) in [6.45, 7) is 5.28. The number of nitrogens with one attached hydrogen (secondary N) is 1. The van der Waals surface area contributed by atoms with Crippen molar-refractivity contribution in [2.75, 3.05) is 25.6 Å². The number of carbonyl (C=O) groups is 1. The van der Waals surface area contributed by atoms with Crippen LogP contribution in [0.3, 0.4) is 0 Å². The Bertz CT molecular complexity index is 716. The molecule has 0 atom stereocenters. The summed E-state index contributed by atoms with van der Waals surface area (Å²) in [6, 6.07) is 11.3. The van der Waals surface area contributed by atoms with E-state index in [4.69, 9.17) is 21.1 Å². The van der Waals surface area contributed by atoms with Crippen molar-refractivity contribution >= 4 is 23.3 Å². The lowest BCUT2D eigenvalue weighted by Crippen LogP contribution is -2.12. The van der Waals surface area contributed by atoms with Crippen molar-refractivity contribution in [3.8, 4) is 5.75 Å². The van der Waals surface area contributed by atoms with Crippen molar-refractivity contribution in [2.24, 2.45) is 0 Å². The quantitative estimate of drug-likeness (QED) is 0.586. The first-order valence-electron chi connectivity index (χ1n) is 7.83. The van der Waals surface area contributed by atoms with E-state index in [0.717, 1.165) is 17.7 Å². The van der Waals surface area contributed by atoms with E-state index in [1.165, 1.54) is 12.7 Å². The predicted octanol–water partition coefficient (Wildman–Crippen LogP) is 4.62. The zero-order valence-electron chi connectivity index (χ0n) is 14.2. The standard InChI is InChI=1S/C19H22ClNO3/c1-13-8-9-14(2)17(12-13)24-11-5-10-21-18-15(19(22)23-3)6-4-7-16(18)20/h4,6-9,12,21H,5,10-11H2,1-3H3. The van der Waals surface area contributed by atoms with Crippen molar-refractivity contribution in [3.63, 3.8) is 0 Å². The van der Waals surface area contributed by atoms with Crippen LogP contribution in [0, 0.1) is 13.8 Å². The van der Waals surface area contributed by atoms with Crippen LogP contribution in [-0.4, -0.2) is 26.2 Å². The molecule has 0 aromatic heterocycles. The van der Waals surface area contributed by atoms with Gasteiger partial charge in [-0.25, -0.2) is 4.79 Å². The summed E-state index contributed by atoms with van der Waals surface area (Å²) >= 11 is 6.18. The number of methoxy groups -OCH3 is 1. The summed E-state index contributed by atoms with van der Waals surface area (Å²) in [7, 11) is 1.35. The van der Waals surface area contributed by atoms with Gasteiger partial charge >= 0.3 is 5.97 Å². The highest BCUT2D eigenvalue weighted by Crippen LogP contribution is 2.26. The van der Waals surface area contributed by atoms with Crippen molar-refractivity contribution < 1.29 is 14.3 Å². The average molecular weight is 348 g/mol. The second-order valence-corrected chi connectivity index (χ2v) is 5.96. The van der Waals surface area contributed by atoms with Crippen LogP contribution in [0.4, 0.5) is 5.69 Å². The maximum atomic E-state index is 11.8. The third kappa shape index (κ3) is 4.65. The Labute approximate surface area is 147 Å². The number of carbonyl (C=O) groups excluding carboxylic acids is 1. The molecule has 0 amide bonds. The molecule has 0 unspecified atom stereocenters. The van der Waals surface area contributed by atoms with E-state index in [2.05, 4.69) is 17.4 Å². The molecule has 0 aliphatic rings. The van der Waals surface area contributed by atoms with Gasteiger partial charge in [0.05, 0.1) is 30.0 Å². The second-order valence-electron chi connectivity index (χ2n) is 5.55. The summed E-state index contributed by atoms with van der Waals surface area (Å²) in [6.07, 6.45) is 0.777. The molecule has 2 aromatic carbocycles. The number of para-hydroxylation sites is 1. The fraction of sp³-hybridized carbons (Fsp3) is 0.316. The Balaban J connectivity index is 1.89. The van der Waals surface area contributed by atoms with E-state index < -0.39 is 5.97 Å². The van der Waals surface area contributed by atoms with Crippen LogP contribution in [0.15, 0.2) is 36.4 Å². The van der Waals surface area contributed by atoms with Gasteiger partial charge in [-0.1, -0.05) is 29.8 Å². The maximum absolute atomic E-state index is 11.8. The average Bonchev–Trinajstić information content (AvgIpc) is 2.58. The van der Waals surface area contributed by atoms with Gasteiger partial charge in [0.2, 0.25) is 0 Å². The van der Waals surface area contributed by atoms with Gasteiger partial charge in [0.15, 0.2) is 0 Å². The molecule has 1 N–H and O–H groups in total. The molecule has 2 rings (SSSR count). The molecule has 4 nitrogen and oxygen atoms in total. The number of hydrogen-bond acceptors (Lipinski definition) is 4. The molecule has 5 heteroatoms. The molecule has 0 bridgehead atoms. The molecule has 0 heterocycles. The van der Waals surface area contributed by atoms with Crippen molar-refractivity contribution in [1.82, 2.24) is 0 Å². The molecule has 0 spiro atoms. The molecule has 24 heavy (non-hydrogen) atoms. The van der Waals surface area contributed by atoms with Crippen molar-refractivity contribution in [2.45, 2.75) is 20.3 Å². The second kappa shape index (κ2) is 8.60. The first-order chi connectivity index (χ1) is 11.5. The van der Waals surface area contributed by atoms with E-state index in [0.29, 0.717) is 29.4 Å². The number of aryl methyl sites for hydroxylation is 2. The molecule has 0 saturated carbocycles. The molecular formula is C19H22ClNO3. The molecule has 0 radical (unpaired) electrons. The topological polar surface area (TPSA) is 47.6 Å². The molecule has 0 aliphatic carbocycles. The number of hydrogen-bond donors (Lipinski definition) is 1. The Morgan fingerprint density at radius 2 is 2.00 bits per heavy atom. The predicted molar refractivity (Wildman–Crippen MR) is 97.3 cm³/mol. The Morgan fingerprint density at radius 1 is 1.21 bits per heavy atom. The molecular weight excluding hydrogens is 326 g/mol. The van der Waals surface area contributed by atoms with Crippen molar-refractivity contribution in [3.05, 3.63) is 58.1 Å². The Hall–Kier alpha value is -2.20. The van der Waals surface area contributed by atoms with Crippen LogP contribution in [-0.2, 0) is 4.74 Å². The van der Waals surface area contributed by atoms with E-state index in [1.807, 2.05) is 19.9 Å². The largest absolute Gasteiger partial charge is 0.493 e. The lowest BCUT2D eigenvalue weighted by atomic mass is 10.1. The van der Waals surface area contributed by atoms with Gasteiger partial charge in [0, 0.05) is 6.54 Å². The van der Waals surface area contributed by atoms with Crippen molar-refractivity contribution in [1.29, 1.82) is 0 Å². The normalized spacial score (nSPS) is 10.3. The van der Waals surface area contributed by atoms with Gasteiger partial charge in [0.25, 0.3) is 0 Å². The summed E-state index contributed by atoms with van der Waals surface area (Å²) < 4.78 is 10.6. The van der Waals surface area contributed by atoms with Crippen LogP contribution >= 0.6 is 11.6 Å². The Morgan fingerprint density at radius 3 is 2.75 bits per heavy atom. The number of benzene rings is 2. The number of esters is 1. The summed E-state index contributed by atoms with van der Waals surface area (Å²) in [5, 5.41) is 3.69. The highest BCUT2D eigenvalue weighted by atomic mass is 35.5. The number of ether oxygens (including phenoxy) is 2. The number of halogens is 1. The van der Waals surface area contributed by atoms with Gasteiger partial charge in [0.1, 0.15) is 5.75 Å². The van der Waals surface area contributed by atoms with Gasteiger partial charge in [-0.3, -0.25) is 0 Å². The lowest BCUT2D eigenvalue weighted by Gasteiger charge is -2.13. The van der Waals surface area contributed by atoms with Crippen LogP contribution in [0.1, 0.15) is 27.9 Å². The first kappa shape index (κ1) is 18.1. The highest BCUT2D eigenvalue weighted by molar-refractivity contribution is 6.34. The minimum Gasteiger partial charge on any atom is -0.493 e. The Kier molecular flexibility index (Phi) is 6.50. The minimum absolute atomic E-state index is 0.411. The first-order valence-corrected chi connectivity index (χ1v) is 8.21. The smallest absolute Gasteiger partial charge is 0.340 e.